The number of carboxylic acids is 4. The number of ether oxygens (including phenoxy) is 10. The Morgan fingerprint density at radius 3 is 0.984 bits per heavy atom. The molecule has 2 rings (SSSR count). The SMILES string of the molecule is CC(=O)[C@H](CCCCNC(=O)COCCOCCNC(=O)COCCOCCNC(=O)CC[C@H](NC(=O)CCCCCCCCCOc1ccc(C(=O)O)cc1)C(=O)O)NCC(=O)[C@H](CCCCNC(=O)COCCOCCNC(=O)COCCOCCNC(=O)CC[C@H](NC(=O)CCCCCCCCCOc1ccc(C(=O)O)cc1)C(=O)O)CC(=O)C(C)(C)N. The molecule has 0 saturated carbocycles. The number of carbonyl (C=O) groups excluding carboxylic acids is 11. The van der Waals surface area contributed by atoms with Gasteiger partial charge in [0.15, 0.2) is 5.78 Å². The standard InChI is InChI=1S/C87H140N10O29/c1-64(98)70(23-17-19-39-90-80(106)61-122-55-53-120-49-43-94-82(108)63-124-57-51-118-47-41-92-76(102)37-35-72(86(115)116)97-78(104)25-15-11-7-5-9-13-21-45-126-69-32-28-66(29-33-69)84(111)112)95-59-73(99)67(58-74(100)87(2,3)88)22-16-18-38-89-79(105)60-121-54-52-119-48-42-93-81(107)62-123-56-50-117-46-40-91-75(101)36-34-71(85(113)114)96-77(103)24-14-10-6-4-8-12-20-44-125-68-30-26-65(27-31-68)83(109)110/h26-33,67,70-72,95H,4-25,34-63,88H2,1-3H3,(H,89,105)(H,90,106)(H,91,101)(H,92,102)(H,93,107)(H,94,108)(H,96,103)(H,97,104)(H,109,110)(H,111,112)(H,113,114)(H,115,116)/t67-,70+,71+,72+/m1/s1. The van der Waals surface area contributed by atoms with Gasteiger partial charge in [0.1, 0.15) is 61.6 Å². The number of benzene rings is 2. The minimum atomic E-state index is -1.23. The molecule has 0 aliphatic rings. The Labute approximate surface area is 738 Å². The summed E-state index contributed by atoms with van der Waals surface area (Å²) in [5.41, 5.74) is 5.30. The number of hydrogen-bond donors (Lipinski definition) is 14. The largest absolute Gasteiger partial charge is 0.494 e. The number of amides is 8. The average Bonchev–Trinajstić information content (AvgIpc) is 0.880. The number of aromatic carboxylic acids is 2. The highest BCUT2D eigenvalue weighted by Gasteiger charge is 2.30. The Bertz CT molecular complexity index is 3480. The zero-order valence-electron chi connectivity index (χ0n) is 73.8. The first-order chi connectivity index (χ1) is 60.5. The van der Waals surface area contributed by atoms with Gasteiger partial charge in [-0.1, -0.05) is 70.6 Å². The number of carbonyl (C=O) groups is 15. The van der Waals surface area contributed by atoms with E-state index in [9.17, 15) is 82.1 Å². The number of unbranched alkanes of at least 4 members (excludes halogenated alkanes) is 14. The van der Waals surface area contributed by atoms with Gasteiger partial charge in [-0.15, -0.1) is 0 Å². The van der Waals surface area contributed by atoms with Gasteiger partial charge in [0.05, 0.1) is 122 Å². The van der Waals surface area contributed by atoms with E-state index in [1.165, 1.54) is 31.2 Å². The van der Waals surface area contributed by atoms with E-state index in [1.807, 2.05) is 0 Å². The van der Waals surface area contributed by atoms with Crippen molar-refractivity contribution < 1.29 is 140 Å². The molecule has 0 bridgehead atoms. The Morgan fingerprint density at radius 1 is 0.333 bits per heavy atom. The van der Waals surface area contributed by atoms with Crippen LogP contribution < -0.4 is 63.1 Å². The molecule has 8 amide bonds. The molecule has 0 aliphatic heterocycles. The Kier molecular flexibility index (Phi) is 64.5. The quantitative estimate of drug-likeness (QED) is 0.0415. The number of rotatable bonds is 84. The number of Topliss-reactive ketones (excluding diaryl/α,β-unsaturated/α-hetero) is 3. The monoisotopic (exact) mass is 1790 g/mol. The van der Waals surface area contributed by atoms with Gasteiger partial charge in [0.25, 0.3) is 0 Å². The second-order valence-electron chi connectivity index (χ2n) is 30.6. The average molecular weight is 1790 g/mol. The third-order valence-corrected chi connectivity index (χ3v) is 19.3. The summed E-state index contributed by atoms with van der Waals surface area (Å²) in [6.07, 6.45) is 15.0. The van der Waals surface area contributed by atoms with Crippen molar-refractivity contribution >= 4 is 88.5 Å². The molecule has 2 aromatic rings. The van der Waals surface area contributed by atoms with Crippen LogP contribution in [0.2, 0.25) is 0 Å². The maximum absolute atomic E-state index is 13.6. The zero-order valence-corrected chi connectivity index (χ0v) is 73.8. The van der Waals surface area contributed by atoms with Crippen molar-refractivity contribution in [3.63, 3.8) is 0 Å². The van der Waals surface area contributed by atoms with E-state index >= 15 is 0 Å². The molecular formula is C87H140N10O29. The van der Waals surface area contributed by atoms with Crippen LogP contribution in [-0.2, 0) is 100 Å². The highest BCUT2D eigenvalue weighted by Crippen LogP contribution is 2.20. The first-order valence-corrected chi connectivity index (χ1v) is 43.8. The Balaban J connectivity index is 1.42. The van der Waals surface area contributed by atoms with Gasteiger partial charge in [-0.25, -0.2) is 19.2 Å². The van der Waals surface area contributed by atoms with E-state index in [1.54, 1.807) is 38.1 Å². The molecule has 0 aliphatic carbocycles. The summed E-state index contributed by atoms with van der Waals surface area (Å²) in [7, 11) is 0. The molecule has 0 spiro atoms. The summed E-state index contributed by atoms with van der Waals surface area (Å²) in [4.78, 5) is 183. The molecule has 0 saturated heterocycles. The fraction of sp³-hybridized carbons (Fsp3) is 0.690. The molecule has 39 nitrogen and oxygen atoms in total. The number of hydrogen-bond acceptors (Lipinski definition) is 27. The van der Waals surface area contributed by atoms with Gasteiger partial charge in [-0.3, -0.25) is 52.7 Å². The van der Waals surface area contributed by atoms with Crippen LogP contribution in [0.1, 0.15) is 215 Å². The molecule has 0 fully saturated rings. The van der Waals surface area contributed by atoms with Crippen LogP contribution in [0, 0.1) is 5.92 Å². The maximum atomic E-state index is 13.6. The lowest BCUT2D eigenvalue weighted by molar-refractivity contribution is -0.142. The topological polar surface area (TPSA) is 564 Å². The molecular weight excluding hydrogens is 1650 g/mol. The van der Waals surface area contributed by atoms with Crippen LogP contribution >= 0.6 is 0 Å². The van der Waals surface area contributed by atoms with Gasteiger partial charge in [0.2, 0.25) is 47.3 Å². The van der Waals surface area contributed by atoms with Crippen molar-refractivity contribution in [3.8, 4) is 11.5 Å². The van der Waals surface area contributed by atoms with Crippen molar-refractivity contribution in [3.05, 3.63) is 59.7 Å². The summed E-state index contributed by atoms with van der Waals surface area (Å²) < 4.78 is 54.5. The van der Waals surface area contributed by atoms with Gasteiger partial charge in [-0.05, 0) is 140 Å². The van der Waals surface area contributed by atoms with E-state index in [-0.39, 0.29) is 248 Å². The van der Waals surface area contributed by atoms with Crippen LogP contribution in [0.15, 0.2) is 48.5 Å². The van der Waals surface area contributed by atoms with Crippen LogP contribution in [0.4, 0.5) is 0 Å². The fourth-order valence-corrected chi connectivity index (χ4v) is 12.0. The normalized spacial score (nSPS) is 12.2. The lowest BCUT2D eigenvalue weighted by Gasteiger charge is -2.23. The second-order valence-corrected chi connectivity index (χ2v) is 30.6. The minimum Gasteiger partial charge on any atom is -0.494 e. The third kappa shape index (κ3) is 62.4. The molecule has 0 heterocycles. The van der Waals surface area contributed by atoms with E-state index in [0.29, 0.717) is 82.6 Å². The van der Waals surface area contributed by atoms with Crippen LogP contribution in [0.5, 0.6) is 11.5 Å². The van der Waals surface area contributed by atoms with Crippen molar-refractivity contribution in [2.75, 3.05) is 165 Å². The van der Waals surface area contributed by atoms with Crippen molar-refractivity contribution in [1.29, 1.82) is 0 Å². The van der Waals surface area contributed by atoms with E-state index in [4.69, 9.17) is 63.3 Å². The lowest BCUT2D eigenvalue weighted by Crippen LogP contribution is -2.44. The predicted molar refractivity (Wildman–Crippen MR) is 460 cm³/mol. The fourth-order valence-electron chi connectivity index (χ4n) is 12.0. The first-order valence-electron chi connectivity index (χ1n) is 43.8. The van der Waals surface area contributed by atoms with E-state index in [2.05, 4.69) is 47.9 Å². The van der Waals surface area contributed by atoms with E-state index < -0.39 is 71.2 Å². The minimum absolute atomic E-state index is 0.0829. The molecule has 126 heavy (non-hydrogen) atoms. The Morgan fingerprint density at radius 2 is 0.651 bits per heavy atom. The summed E-state index contributed by atoms with van der Waals surface area (Å²) in [6.45, 7) is 7.54. The third-order valence-electron chi connectivity index (χ3n) is 19.3. The molecule has 0 unspecified atom stereocenters. The number of ketones is 3. The molecule has 0 radical (unpaired) electrons. The lowest BCUT2D eigenvalue weighted by atomic mass is 9.86. The van der Waals surface area contributed by atoms with Crippen LogP contribution in [0.25, 0.3) is 0 Å². The van der Waals surface area contributed by atoms with Crippen molar-refractivity contribution in [1.82, 2.24) is 47.9 Å². The Hall–Kier alpha value is -9.71. The second kappa shape index (κ2) is 72.3. The van der Waals surface area contributed by atoms with Crippen LogP contribution in [0.3, 0.4) is 0 Å². The summed E-state index contributed by atoms with van der Waals surface area (Å²) in [6, 6.07) is 9.46. The summed E-state index contributed by atoms with van der Waals surface area (Å²) >= 11 is 0. The van der Waals surface area contributed by atoms with Crippen LogP contribution in [-0.4, -0.2) is 297 Å². The molecule has 4 atom stereocenters. The highest BCUT2D eigenvalue weighted by atomic mass is 16.5. The van der Waals surface area contributed by atoms with Gasteiger partial charge in [0, 0.05) is 77.3 Å². The van der Waals surface area contributed by atoms with Crippen molar-refractivity contribution in [2.45, 2.75) is 218 Å². The van der Waals surface area contributed by atoms with E-state index in [0.717, 1.165) is 77.0 Å². The molecule has 15 N–H and O–H groups in total. The molecule has 2 aromatic carbocycles. The first kappa shape index (κ1) is 112. The zero-order chi connectivity index (χ0) is 92.6. The highest BCUT2D eigenvalue weighted by molar-refractivity contribution is 5.94. The maximum Gasteiger partial charge on any atom is 0.335 e. The molecule has 39 heteroatoms. The van der Waals surface area contributed by atoms with Gasteiger partial charge >= 0.3 is 23.9 Å². The number of aliphatic carboxylic acids is 2. The summed E-state index contributed by atoms with van der Waals surface area (Å²) in [5, 5.41) is 61.3. The predicted octanol–water partition coefficient (Wildman–Crippen LogP) is 4.08. The number of nitrogens with one attached hydrogen (secondary N) is 9. The van der Waals surface area contributed by atoms with Gasteiger partial charge < -0.3 is 121 Å². The molecule has 0 aromatic heterocycles. The number of carboxylic acid groups (broad SMARTS) is 4. The smallest absolute Gasteiger partial charge is 0.335 e. The molecule has 712 valence electrons. The van der Waals surface area contributed by atoms with Crippen molar-refractivity contribution in [2.24, 2.45) is 11.7 Å². The number of nitrogens with two attached hydrogens (primary N) is 1. The van der Waals surface area contributed by atoms with Gasteiger partial charge in [-0.2, -0.15) is 0 Å². The summed E-state index contributed by atoms with van der Waals surface area (Å²) in [5.74, 6) is -7.68.